The van der Waals surface area contributed by atoms with Gasteiger partial charge in [-0.2, -0.15) is 0 Å². The van der Waals surface area contributed by atoms with Gasteiger partial charge in [0.1, 0.15) is 0 Å². The van der Waals surface area contributed by atoms with Crippen LogP contribution in [0.4, 0.5) is 0 Å². The molecule has 126 valence electrons. The maximum absolute atomic E-state index is 11.9. The molecule has 3 N–H and O–H groups in total. The molecule has 0 spiro atoms. The number of ether oxygens (including phenoxy) is 2. The van der Waals surface area contributed by atoms with E-state index in [1.165, 1.54) is 13.2 Å². The monoisotopic (exact) mass is 328 g/mol. The van der Waals surface area contributed by atoms with Crippen molar-refractivity contribution in [2.75, 3.05) is 20.3 Å². The third-order valence-corrected chi connectivity index (χ3v) is 3.39. The quantitative estimate of drug-likeness (QED) is 0.769. The minimum atomic E-state index is -0.645. The highest BCUT2D eigenvalue weighted by atomic mass is 16.5. The SMILES string of the molecule is COc1cccc(C(N)=O)c1OCC(=O)NCCc1ccccc1. The van der Waals surface area contributed by atoms with Crippen molar-refractivity contribution in [3.63, 3.8) is 0 Å². The van der Waals surface area contributed by atoms with Crippen molar-refractivity contribution in [2.24, 2.45) is 5.73 Å². The number of amides is 2. The Morgan fingerprint density at radius 3 is 2.50 bits per heavy atom. The van der Waals surface area contributed by atoms with E-state index >= 15 is 0 Å². The fourth-order valence-electron chi connectivity index (χ4n) is 2.20. The molecule has 24 heavy (non-hydrogen) atoms. The number of para-hydroxylation sites is 1. The Morgan fingerprint density at radius 1 is 1.08 bits per heavy atom. The largest absolute Gasteiger partial charge is 0.493 e. The van der Waals surface area contributed by atoms with Crippen molar-refractivity contribution in [1.82, 2.24) is 5.32 Å². The van der Waals surface area contributed by atoms with Crippen LogP contribution in [-0.4, -0.2) is 32.1 Å². The van der Waals surface area contributed by atoms with Gasteiger partial charge < -0.3 is 20.5 Å². The van der Waals surface area contributed by atoms with E-state index < -0.39 is 5.91 Å². The van der Waals surface area contributed by atoms with E-state index in [-0.39, 0.29) is 23.8 Å². The molecular formula is C18H20N2O4. The predicted molar refractivity (Wildman–Crippen MR) is 90.2 cm³/mol. The molecule has 0 saturated carbocycles. The van der Waals surface area contributed by atoms with E-state index in [9.17, 15) is 9.59 Å². The molecule has 0 fully saturated rings. The number of hydrogen-bond acceptors (Lipinski definition) is 4. The fraction of sp³-hybridized carbons (Fsp3) is 0.222. The number of carbonyl (C=O) groups is 2. The Hall–Kier alpha value is -3.02. The van der Waals surface area contributed by atoms with Crippen LogP contribution < -0.4 is 20.5 Å². The smallest absolute Gasteiger partial charge is 0.257 e. The Balaban J connectivity index is 1.88. The molecule has 0 aliphatic rings. The average molecular weight is 328 g/mol. The van der Waals surface area contributed by atoms with Crippen molar-refractivity contribution in [1.29, 1.82) is 0 Å². The number of nitrogens with one attached hydrogen (secondary N) is 1. The molecule has 6 nitrogen and oxygen atoms in total. The summed E-state index contributed by atoms with van der Waals surface area (Å²) in [5, 5.41) is 2.77. The van der Waals surface area contributed by atoms with E-state index in [1.54, 1.807) is 12.1 Å². The first kappa shape index (κ1) is 17.3. The molecule has 2 amide bonds. The lowest BCUT2D eigenvalue weighted by molar-refractivity contribution is -0.123. The molecule has 0 saturated heterocycles. The minimum absolute atomic E-state index is 0.172. The van der Waals surface area contributed by atoms with Gasteiger partial charge in [-0.1, -0.05) is 36.4 Å². The Kier molecular flexibility index (Phi) is 6.19. The van der Waals surface area contributed by atoms with E-state index in [0.717, 1.165) is 12.0 Å². The van der Waals surface area contributed by atoms with Gasteiger partial charge in [0.05, 0.1) is 12.7 Å². The zero-order chi connectivity index (χ0) is 17.4. The second-order valence-electron chi connectivity index (χ2n) is 5.08. The van der Waals surface area contributed by atoms with Crippen molar-refractivity contribution in [3.05, 3.63) is 59.7 Å². The molecule has 2 rings (SSSR count). The molecule has 0 unspecified atom stereocenters. The number of benzene rings is 2. The molecule has 0 heterocycles. The third-order valence-electron chi connectivity index (χ3n) is 3.39. The summed E-state index contributed by atoms with van der Waals surface area (Å²) in [6.07, 6.45) is 0.730. The van der Waals surface area contributed by atoms with Gasteiger partial charge in [-0.25, -0.2) is 0 Å². The van der Waals surface area contributed by atoms with Gasteiger partial charge in [0.2, 0.25) is 0 Å². The minimum Gasteiger partial charge on any atom is -0.493 e. The second kappa shape index (κ2) is 8.57. The van der Waals surface area contributed by atoms with Gasteiger partial charge in [0, 0.05) is 6.54 Å². The average Bonchev–Trinajstić information content (AvgIpc) is 2.60. The maximum Gasteiger partial charge on any atom is 0.257 e. The van der Waals surface area contributed by atoms with Crippen LogP contribution in [0, 0.1) is 0 Å². The van der Waals surface area contributed by atoms with Crippen molar-refractivity contribution < 1.29 is 19.1 Å². The molecule has 0 aliphatic carbocycles. The summed E-state index contributed by atoms with van der Waals surface area (Å²) < 4.78 is 10.6. The van der Waals surface area contributed by atoms with Gasteiger partial charge >= 0.3 is 0 Å². The topological polar surface area (TPSA) is 90.7 Å². The van der Waals surface area contributed by atoms with E-state index in [0.29, 0.717) is 12.3 Å². The lowest BCUT2D eigenvalue weighted by Gasteiger charge is -2.13. The van der Waals surface area contributed by atoms with Crippen LogP contribution in [0.3, 0.4) is 0 Å². The zero-order valence-corrected chi connectivity index (χ0v) is 13.5. The zero-order valence-electron chi connectivity index (χ0n) is 13.5. The van der Waals surface area contributed by atoms with Gasteiger partial charge in [-0.05, 0) is 24.1 Å². The Morgan fingerprint density at radius 2 is 1.83 bits per heavy atom. The van der Waals surface area contributed by atoms with E-state index in [2.05, 4.69) is 5.32 Å². The van der Waals surface area contributed by atoms with Crippen LogP contribution in [0.5, 0.6) is 11.5 Å². The highest BCUT2D eigenvalue weighted by Crippen LogP contribution is 2.30. The van der Waals surface area contributed by atoms with Crippen LogP contribution in [-0.2, 0) is 11.2 Å². The molecule has 0 aromatic heterocycles. The van der Waals surface area contributed by atoms with Crippen LogP contribution in [0.25, 0.3) is 0 Å². The van der Waals surface area contributed by atoms with Crippen LogP contribution in [0.15, 0.2) is 48.5 Å². The van der Waals surface area contributed by atoms with Crippen LogP contribution >= 0.6 is 0 Å². The number of primary amides is 1. The molecule has 6 heteroatoms. The van der Waals surface area contributed by atoms with Gasteiger partial charge in [-0.15, -0.1) is 0 Å². The Labute approximate surface area is 140 Å². The summed E-state index contributed by atoms with van der Waals surface area (Å²) >= 11 is 0. The fourth-order valence-corrected chi connectivity index (χ4v) is 2.20. The first-order valence-corrected chi connectivity index (χ1v) is 7.52. The first-order chi connectivity index (χ1) is 11.6. The van der Waals surface area contributed by atoms with Crippen molar-refractivity contribution >= 4 is 11.8 Å². The molecule has 0 radical (unpaired) electrons. The number of carbonyl (C=O) groups excluding carboxylic acids is 2. The van der Waals surface area contributed by atoms with Crippen molar-refractivity contribution in [3.8, 4) is 11.5 Å². The summed E-state index contributed by atoms with van der Waals surface area (Å²) in [5.74, 6) is -0.408. The van der Waals surface area contributed by atoms with Gasteiger partial charge in [0.25, 0.3) is 11.8 Å². The normalized spacial score (nSPS) is 10.0. The molecule has 0 atom stereocenters. The number of rotatable bonds is 8. The lowest BCUT2D eigenvalue weighted by Crippen LogP contribution is -2.31. The van der Waals surface area contributed by atoms with Crippen molar-refractivity contribution in [2.45, 2.75) is 6.42 Å². The Bertz CT molecular complexity index is 701. The highest BCUT2D eigenvalue weighted by molar-refractivity contribution is 5.96. The van der Waals surface area contributed by atoms with Crippen LogP contribution in [0.1, 0.15) is 15.9 Å². The van der Waals surface area contributed by atoms with E-state index in [1.807, 2.05) is 30.3 Å². The standard InChI is InChI=1S/C18H20N2O4/c1-23-15-9-5-8-14(18(19)22)17(15)24-12-16(21)20-11-10-13-6-3-2-4-7-13/h2-9H,10-12H2,1H3,(H2,19,22)(H,20,21). The molecule has 2 aromatic carbocycles. The molecule has 2 aromatic rings. The first-order valence-electron chi connectivity index (χ1n) is 7.52. The van der Waals surface area contributed by atoms with Gasteiger partial charge in [0.15, 0.2) is 18.1 Å². The van der Waals surface area contributed by atoms with Gasteiger partial charge in [-0.3, -0.25) is 9.59 Å². The molecule has 0 aliphatic heterocycles. The summed E-state index contributed by atoms with van der Waals surface area (Å²) in [4.78, 5) is 23.3. The second-order valence-corrected chi connectivity index (χ2v) is 5.08. The summed E-state index contributed by atoms with van der Waals surface area (Å²) in [5.41, 5.74) is 6.63. The van der Waals surface area contributed by atoms with Crippen LogP contribution in [0.2, 0.25) is 0 Å². The molecule has 0 bridgehead atoms. The third kappa shape index (κ3) is 4.74. The number of hydrogen-bond donors (Lipinski definition) is 2. The lowest BCUT2D eigenvalue weighted by atomic mass is 10.1. The summed E-state index contributed by atoms with van der Waals surface area (Å²) in [7, 11) is 1.45. The number of nitrogens with two attached hydrogens (primary N) is 1. The maximum atomic E-state index is 11.9. The highest BCUT2D eigenvalue weighted by Gasteiger charge is 2.16. The predicted octanol–water partition coefficient (Wildman–Crippen LogP) is 1.53. The summed E-state index contributed by atoms with van der Waals surface area (Å²) in [6.45, 7) is 0.274. The summed E-state index contributed by atoms with van der Waals surface area (Å²) in [6, 6.07) is 14.6. The number of methoxy groups -OCH3 is 1. The van der Waals surface area contributed by atoms with E-state index in [4.69, 9.17) is 15.2 Å². The molecular weight excluding hydrogens is 308 g/mol.